The number of fused-ring (bicyclic) bond motifs is 1. The van der Waals surface area contributed by atoms with E-state index in [2.05, 4.69) is 5.16 Å². The summed E-state index contributed by atoms with van der Waals surface area (Å²) in [5, 5.41) is 4.21. The SMILES string of the molecule is O=C(C1CCCC1)N(Cc1cccc(C(F)(F)F)c1)CC1CC(c2ccc3c(c2)OCO3)=NO1. The van der Waals surface area contributed by atoms with Crippen molar-refractivity contribution in [2.45, 2.75) is 50.9 Å². The molecule has 0 radical (unpaired) electrons. The highest BCUT2D eigenvalue weighted by Crippen LogP contribution is 2.34. The van der Waals surface area contributed by atoms with Crippen LogP contribution in [-0.2, 0) is 22.4 Å². The van der Waals surface area contributed by atoms with Gasteiger partial charge in [-0.2, -0.15) is 13.2 Å². The number of hydrogen-bond donors (Lipinski definition) is 0. The van der Waals surface area contributed by atoms with Crippen molar-refractivity contribution in [2.75, 3.05) is 13.3 Å². The predicted octanol–water partition coefficient (Wildman–Crippen LogP) is 5.15. The Hall–Kier alpha value is -3.23. The fourth-order valence-electron chi connectivity index (χ4n) is 4.75. The van der Waals surface area contributed by atoms with E-state index in [0.717, 1.165) is 49.1 Å². The van der Waals surface area contributed by atoms with Gasteiger partial charge in [0.1, 0.15) is 0 Å². The lowest BCUT2D eigenvalue weighted by molar-refractivity contribution is -0.137. The van der Waals surface area contributed by atoms with Crippen LogP contribution in [0.25, 0.3) is 0 Å². The summed E-state index contributed by atoms with van der Waals surface area (Å²) in [5.41, 5.74) is 1.30. The fraction of sp³-hybridized carbons (Fsp3) is 0.440. The highest BCUT2D eigenvalue weighted by Gasteiger charge is 2.33. The standard InChI is InChI=1S/C25H25F3N2O4/c26-25(27,28)19-7-3-4-16(10-19)13-30(24(31)17-5-1-2-6-17)14-20-12-21(29-34-20)18-8-9-22-23(11-18)33-15-32-22/h3-4,7-11,17,20H,1-2,5-6,12-15H2. The van der Waals surface area contributed by atoms with E-state index in [1.165, 1.54) is 6.07 Å². The zero-order valence-electron chi connectivity index (χ0n) is 18.5. The number of amides is 1. The van der Waals surface area contributed by atoms with Gasteiger partial charge in [-0.25, -0.2) is 0 Å². The first-order valence-electron chi connectivity index (χ1n) is 11.4. The summed E-state index contributed by atoms with van der Waals surface area (Å²) in [6.07, 6.45) is -0.729. The molecule has 0 saturated heterocycles. The van der Waals surface area contributed by atoms with Gasteiger partial charge in [0, 0.05) is 24.4 Å². The van der Waals surface area contributed by atoms with E-state index in [0.29, 0.717) is 23.5 Å². The molecule has 34 heavy (non-hydrogen) atoms. The van der Waals surface area contributed by atoms with Gasteiger partial charge in [-0.05, 0) is 48.7 Å². The summed E-state index contributed by atoms with van der Waals surface area (Å²) in [4.78, 5) is 20.6. The highest BCUT2D eigenvalue weighted by molar-refractivity contribution is 6.01. The van der Waals surface area contributed by atoms with Crippen LogP contribution in [0.1, 0.15) is 48.8 Å². The molecule has 180 valence electrons. The molecule has 1 aliphatic carbocycles. The van der Waals surface area contributed by atoms with Gasteiger partial charge >= 0.3 is 6.18 Å². The van der Waals surface area contributed by atoms with Crippen molar-refractivity contribution >= 4 is 11.6 Å². The van der Waals surface area contributed by atoms with Crippen LogP contribution in [0.4, 0.5) is 13.2 Å². The van der Waals surface area contributed by atoms with Crippen LogP contribution in [0.5, 0.6) is 11.5 Å². The summed E-state index contributed by atoms with van der Waals surface area (Å²) in [6, 6.07) is 10.7. The Morgan fingerprint density at radius 1 is 1.06 bits per heavy atom. The van der Waals surface area contributed by atoms with Gasteiger partial charge in [-0.3, -0.25) is 4.79 Å². The van der Waals surface area contributed by atoms with E-state index < -0.39 is 11.7 Å². The van der Waals surface area contributed by atoms with Crippen molar-refractivity contribution in [1.29, 1.82) is 0 Å². The molecule has 5 rings (SSSR count). The maximum atomic E-state index is 13.3. The highest BCUT2D eigenvalue weighted by atomic mass is 19.4. The van der Waals surface area contributed by atoms with E-state index in [4.69, 9.17) is 14.3 Å². The molecule has 6 nitrogen and oxygen atoms in total. The Kier molecular flexibility index (Phi) is 6.10. The number of alkyl halides is 3. The van der Waals surface area contributed by atoms with Gasteiger partial charge in [0.05, 0.1) is 17.8 Å². The third kappa shape index (κ3) is 4.83. The molecule has 1 saturated carbocycles. The minimum Gasteiger partial charge on any atom is -0.454 e. The normalized spacial score (nSPS) is 19.7. The topological polar surface area (TPSA) is 60.4 Å². The molecule has 1 atom stereocenters. The van der Waals surface area contributed by atoms with Crippen LogP contribution in [0.2, 0.25) is 0 Å². The maximum Gasteiger partial charge on any atom is 0.416 e. The lowest BCUT2D eigenvalue weighted by atomic mass is 10.0. The number of rotatable bonds is 6. The van der Waals surface area contributed by atoms with Crippen molar-refractivity contribution in [2.24, 2.45) is 11.1 Å². The monoisotopic (exact) mass is 474 g/mol. The summed E-state index contributed by atoms with van der Waals surface area (Å²) in [7, 11) is 0. The minimum atomic E-state index is -4.43. The average molecular weight is 474 g/mol. The second-order valence-corrected chi connectivity index (χ2v) is 8.94. The van der Waals surface area contributed by atoms with Crippen molar-refractivity contribution in [3.63, 3.8) is 0 Å². The Morgan fingerprint density at radius 3 is 2.65 bits per heavy atom. The second kappa shape index (κ2) is 9.19. The first-order valence-corrected chi connectivity index (χ1v) is 11.4. The van der Waals surface area contributed by atoms with Crippen molar-refractivity contribution in [1.82, 2.24) is 4.90 Å². The molecule has 1 unspecified atom stereocenters. The lowest BCUT2D eigenvalue weighted by Crippen LogP contribution is -2.40. The van der Waals surface area contributed by atoms with Gasteiger partial charge in [0.25, 0.3) is 0 Å². The third-order valence-electron chi connectivity index (χ3n) is 6.51. The quantitative estimate of drug-likeness (QED) is 0.581. The van der Waals surface area contributed by atoms with Crippen LogP contribution in [0, 0.1) is 5.92 Å². The molecule has 0 bridgehead atoms. The lowest BCUT2D eigenvalue weighted by Gasteiger charge is -2.28. The molecule has 1 amide bonds. The second-order valence-electron chi connectivity index (χ2n) is 8.94. The molecule has 0 aromatic heterocycles. The van der Waals surface area contributed by atoms with E-state index in [1.54, 1.807) is 11.0 Å². The molecule has 3 aliphatic rings. The summed E-state index contributed by atoms with van der Waals surface area (Å²) >= 11 is 0. The van der Waals surface area contributed by atoms with E-state index in [-0.39, 0.29) is 37.8 Å². The largest absolute Gasteiger partial charge is 0.454 e. The predicted molar refractivity (Wildman–Crippen MR) is 117 cm³/mol. The van der Waals surface area contributed by atoms with Crippen LogP contribution >= 0.6 is 0 Å². The number of carbonyl (C=O) groups is 1. The van der Waals surface area contributed by atoms with E-state index >= 15 is 0 Å². The summed E-state index contributed by atoms with van der Waals surface area (Å²) in [5.74, 6) is 1.19. The van der Waals surface area contributed by atoms with Crippen LogP contribution in [0.15, 0.2) is 47.6 Å². The molecule has 2 heterocycles. The third-order valence-corrected chi connectivity index (χ3v) is 6.51. The van der Waals surface area contributed by atoms with Crippen molar-refractivity contribution in [3.8, 4) is 11.5 Å². The Balaban J connectivity index is 1.30. The summed E-state index contributed by atoms with van der Waals surface area (Å²) in [6.45, 7) is 0.528. The molecule has 0 spiro atoms. The van der Waals surface area contributed by atoms with Crippen molar-refractivity contribution in [3.05, 3.63) is 59.2 Å². The Morgan fingerprint density at radius 2 is 1.85 bits per heavy atom. The molecular formula is C25H25F3N2O4. The van der Waals surface area contributed by atoms with E-state index in [1.807, 2.05) is 18.2 Å². The van der Waals surface area contributed by atoms with Gasteiger partial charge < -0.3 is 19.2 Å². The number of hydrogen-bond acceptors (Lipinski definition) is 5. The smallest absolute Gasteiger partial charge is 0.416 e. The number of halogens is 3. The number of oxime groups is 1. The van der Waals surface area contributed by atoms with Crippen LogP contribution in [-0.4, -0.2) is 36.0 Å². The van der Waals surface area contributed by atoms with E-state index in [9.17, 15) is 18.0 Å². The molecule has 1 fully saturated rings. The first kappa shape index (κ1) is 22.6. The molecule has 2 aromatic carbocycles. The number of nitrogens with zero attached hydrogens (tertiary/aromatic N) is 2. The molecular weight excluding hydrogens is 449 g/mol. The Labute approximate surface area is 195 Å². The first-order chi connectivity index (χ1) is 16.4. The molecule has 2 aromatic rings. The minimum absolute atomic E-state index is 0.0324. The van der Waals surface area contributed by atoms with Gasteiger partial charge in [-0.1, -0.05) is 30.1 Å². The van der Waals surface area contributed by atoms with Gasteiger partial charge in [0.2, 0.25) is 12.7 Å². The molecule has 2 aliphatic heterocycles. The van der Waals surface area contributed by atoms with Gasteiger partial charge in [0.15, 0.2) is 17.6 Å². The number of ether oxygens (including phenoxy) is 2. The Bertz CT molecular complexity index is 1100. The zero-order chi connectivity index (χ0) is 23.7. The molecule has 9 heteroatoms. The van der Waals surface area contributed by atoms with Crippen molar-refractivity contribution < 1.29 is 32.3 Å². The number of benzene rings is 2. The van der Waals surface area contributed by atoms with Crippen LogP contribution in [0.3, 0.4) is 0 Å². The maximum absolute atomic E-state index is 13.3. The van der Waals surface area contributed by atoms with Crippen LogP contribution < -0.4 is 9.47 Å². The van der Waals surface area contributed by atoms with Gasteiger partial charge in [-0.15, -0.1) is 0 Å². The fourth-order valence-corrected chi connectivity index (χ4v) is 4.75. The average Bonchev–Trinajstić information content (AvgIpc) is 3.59. The molecule has 0 N–H and O–H groups in total. The number of carbonyl (C=O) groups excluding carboxylic acids is 1. The zero-order valence-corrected chi connectivity index (χ0v) is 18.5. The summed E-state index contributed by atoms with van der Waals surface area (Å²) < 4.78 is 50.3.